The van der Waals surface area contributed by atoms with Gasteiger partial charge in [-0.25, -0.2) is 9.67 Å². The lowest BCUT2D eigenvalue weighted by molar-refractivity contribution is 0.0669. The molecule has 128 valence electrons. The molecule has 0 radical (unpaired) electrons. The number of rotatable bonds is 3. The molecule has 0 saturated carbocycles. The molecule has 0 spiro atoms. The highest BCUT2D eigenvalue weighted by Crippen LogP contribution is 2.26. The Hall–Kier alpha value is -2.44. The molecule has 1 aliphatic rings. The summed E-state index contributed by atoms with van der Waals surface area (Å²) in [7, 11) is 1.55. The van der Waals surface area contributed by atoms with Gasteiger partial charge in [-0.1, -0.05) is 13.8 Å². The predicted octanol–water partition coefficient (Wildman–Crippen LogP) is 1.58. The summed E-state index contributed by atoms with van der Waals surface area (Å²) < 4.78 is 3.39. The van der Waals surface area contributed by atoms with Gasteiger partial charge >= 0.3 is 0 Å². The largest absolute Gasteiger partial charge is 0.335 e. The van der Waals surface area contributed by atoms with Gasteiger partial charge in [-0.05, 0) is 18.9 Å². The lowest BCUT2D eigenvalue weighted by atomic mass is 10.0. The summed E-state index contributed by atoms with van der Waals surface area (Å²) in [6, 6.07) is 3.12. The molecule has 3 heterocycles. The zero-order valence-corrected chi connectivity index (χ0v) is 14.3. The summed E-state index contributed by atoms with van der Waals surface area (Å²) >= 11 is 0. The maximum atomic E-state index is 12.7. The molecule has 1 fully saturated rings. The maximum absolute atomic E-state index is 12.7. The first-order valence-corrected chi connectivity index (χ1v) is 8.33. The van der Waals surface area contributed by atoms with Gasteiger partial charge in [0.25, 0.3) is 11.5 Å². The van der Waals surface area contributed by atoms with Crippen molar-refractivity contribution in [3.05, 3.63) is 46.4 Å². The van der Waals surface area contributed by atoms with Crippen molar-refractivity contribution in [2.45, 2.75) is 38.6 Å². The number of carbonyl (C=O) groups excluding carboxylic acids is 1. The molecule has 0 aromatic carbocycles. The Balaban J connectivity index is 1.80. The van der Waals surface area contributed by atoms with Crippen molar-refractivity contribution >= 4 is 5.91 Å². The number of aromatic nitrogens is 4. The van der Waals surface area contributed by atoms with Crippen molar-refractivity contribution in [2.24, 2.45) is 7.05 Å². The molecule has 3 rings (SSSR count). The van der Waals surface area contributed by atoms with Crippen LogP contribution in [0.4, 0.5) is 0 Å². The third-order valence-electron chi connectivity index (χ3n) is 4.47. The summed E-state index contributed by atoms with van der Waals surface area (Å²) in [5.41, 5.74) is 0.0931. The van der Waals surface area contributed by atoms with Crippen LogP contribution in [0.5, 0.6) is 0 Å². The minimum atomic E-state index is -0.219. The Kier molecular flexibility index (Phi) is 4.51. The van der Waals surface area contributed by atoms with Gasteiger partial charge in [0.1, 0.15) is 11.5 Å². The number of imidazole rings is 1. The highest BCUT2D eigenvalue weighted by atomic mass is 16.2. The van der Waals surface area contributed by atoms with Crippen LogP contribution in [0.15, 0.2) is 29.3 Å². The van der Waals surface area contributed by atoms with E-state index < -0.39 is 0 Å². The standard InChI is InChI=1S/C17H23N5O2/c1-12(2)16-18-8-10-22(16)13-5-4-9-21(11-13)17(24)14-6-7-15(23)20(3)19-14/h6-8,10,12-13H,4-5,9,11H2,1-3H3/t13-/m1/s1. The molecule has 0 aliphatic carbocycles. The van der Waals surface area contributed by atoms with Crippen LogP contribution in [0.3, 0.4) is 0 Å². The molecule has 1 amide bonds. The van der Waals surface area contributed by atoms with Crippen LogP contribution >= 0.6 is 0 Å². The van der Waals surface area contributed by atoms with Gasteiger partial charge in [0.2, 0.25) is 0 Å². The minimum absolute atomic E-state index is 0.124. The lowest BCUT2D eigenvalue weighted by Gasteiger charge is -2.34. The molecule has 2 aromatic heterocycles. The van der Waals surface area contributed by atoms with Gasteiger partial charge < -0.3 is 9.47 Å². The fraction of sp³-hybridized carbons (Fsp3) is 0.529. The number of hydrogen-bond donors (Lipinski definition) is 0. The van der Waals surface area contributed by atoms with E-state index in [1.54, 1.807) is 7.05 Å². The van der Waals surface area contributed by atoms with Crippen molar-refractivity contribution in [1.29, 1.82) is 0 Å². The lowest BCUT2D eigenvalue weighted by Crippen LogP contribution is -2.41. The van der Waals surface area contributed by atoms with E-state index in [2.05, 4.69) is 28.5 Å². The second kappa shape index (κ2) is 6.59. The monoisotopic (exact) mass is 329 g/mol. The highest BCUT2D eigenvalue weighted by molar-refractivity contribution is 5.92. The van der Waals surface area contributed by atoms with E-state index in [1.165, 1.54) is 16.8 Å². The predicted molar refractivity (Wildman–Crippen MR) is 90.0 cm³/mol. The van der Waals surface area contributed by atoms with Gasteiger partial charge in [0.15, 0.2) is 0 Å². The van der Waals surface area contributed by atoms with E-state index in [0.717, 1.165) is 18.7 Å². The zero-order valence-electron chi connectivity index (χ0n) is 14.3. The Morgan fingerprint density at radius 2 is 2.12 bits per heavy atom. The number of amides is 1. The molecule has 0 unspecified atom stereocenters. The molecular formula is C17H23N5O2. The number of piperidine rings is 1. The van der Waals surface area contributed by atoms with E-state index in [-0.39, 0.29) is 17.5 Å². The van der Waals surface area contributed by atoms with Gasteiger partial charge in [0, 0.05) is 44.5 Å². The van der Waals surface area contributed by atoms with Crippen LogP contribution in [-0.4, -0.2) is 43.2 Å². The number of likely N-dealkylation sites (tertiary alicyclic amines) is 1. The van der Waals surface area contributed by atoms with Gasteiger partial charge in [-0.15, -0.1) is 0 Å². The number of carbonyl (C=O) groups is 1. The van der Waals surface area contributed by atoms with Gasteiger partial charge in [-0.3, -0.25) is 9.59 Å². The Labute approximate surface area is 140 Å². The van der Waals surface area contributed by atoms with Gasteiger partial charge in [0.05, 0.1) is 6.04 Å². The molecule has 1 atom stereocenters. The molecule has 1 saturated heterocycles. The number of hydrogen-bond acceptors (Lipinski definition) is 4. The summed E-state index contributed by atoms with van der Waals surface area (Å²) in [6.07, 6.45) is 5.79. The van der Waals surface area contributed by atoms with E-state index in [9.17, 15) is 9.59 Å². The van der Waals surface area contributed by atoms with Crippen LogP contribution in [0.2, 0.25) is 0 Å². The Bertz CT molecular complexity index is 792. The molecule has 2 aromatic rings. The number of aryl methyl sites for hydroxylation is 1. The summed E-state index contributed by atoms with van der Waals surface area (Å²) in [5.74, 6) is 1.27. The van der Waals surface area contributed by atoms with E-state index in [0.29, 0.717) is 24.7 Å². The third kappa shape index (κ3) is 3.11. The molecule has 0 N–H and O–H groups in total. The average Bonchev–Trinajstić information content (AvgIpc) is 3.07. The SMILES string of the molecule is CC(C)c1nccn1[C@@H]1CCCN(C(=O)c2ccc(=O)n(C)n2)C1. The Morgan fingerprint density at radius 3 is 2.83 bits per heavy atom. The third-order valence-corrected chi connectivity index (χ3v) is 4.47. The first kappa shape index (κ1) is 16.4. The quantitative estimate of drug-likeness (QED) is 0.857. The summed E-state index contributed by atoms with van der Waals surface area (Å²) in [5, 5.41) is 4.08. The first-order valence-electron chi connectivity index (χ1n) is 8.33. The summed E-state index contributed by atoms with van der Waals surface area (Å²) in [4.78, 5) is 30.4. The van der Waals surface area contributed by atoms with E-state index in [1.807, 2.05) is 17.3 Å². The van der Waals surface area contributed by atoms with Crippen LogP contribution in [-0.2, 0) is 7.05 Å². The molecule has 24 heavy (non-hydrogen) atoms. The average molecular weight is 329 g/mol. The van der Waals surface area contributed by atoms with Crippen LogP contribution in [0.25, 0.3) is 0 Å². The minimum Gasteiger partial charge on any atom is -0.335 e. The molecule has 7 heteroatoms. The maximum Gasteiger partial charge on any atom is 0.274 e. The highest BCUT2D eigenvalue weighted by Gasteiger charge is 2.27. The van der Waals surface area contributed by atoms with Crippen molar-refractivity contribution in [1.82, 2.24) is 24.2 Å². The number of nitrogens with zero attached hydrogens (tertiary/aromatic N) is 5. The van der Waals surface area contributed by atoms with E-state index >= 15 is 0 Å². The van der Waals surface area contributed by atoms with Crippen molar-refractivity contribution in [3.63, 3.8) is 0 Å². The molecule has 0 bridgehead atoms. The van der Waals surface area contributed by atoms with Crippen molar-refractivity contribution in [3.8, 4) is 0 Å². The van der Waals surface area contributed by atoms with Crippen LogP contribution < -0.4 is 5.56 Å². The van der Waals surface area contributed by atoms with Crippen molar-refractivity contribution < 1.29 is 4.79 Å². The fourth-order valence-electron chi connectivity index (χ4n) is 3.23. The normalized spacial score (nSPS) is 18.2. The summed E-state index contributed by atoms with van der Waals surface area (Å²) in [6.45, 7) is 5.60. The second-order valence-corrected chi connectivity index (χ2v) is 6.58. The topological polar surface area (TPSA) is 73.0 Å². The smallest absolute Gasteiger partial charge is 0.274 e. The molecule has 1 aliphatic heterocycles. The molecular weight excluding hydrogens is 306 g/mol. The second-order valence-electron chi connectivity index (χ2n) is 6.58. The zero-order chi connectivity index (χ0) is 17.3. The van der Waals surface area contributed by atoms with Crippen LogP contribution in [0.1, 0.15) is 55.0 Å². The van der Waals surface area contributed by atoms with Gasteiger partial charge in [-0.2, -0.15) is 5.10 Å². The van der Waals surface area contributed by atoms with Crippen LogP contribution in [0, 0.1) is 0 Å². The Morgan fingerprint density at radius 1 is 1.33 bits per heavy atom. The molecule has 7 nitrogen and oxygen atoms in total. The van der Waals surface area contributed by atoms with E-state index in [4.69, 9.17) is 0 Å². The van der Waals surface area contributed by atoms with Crippen molar-refractivity contribution in [2.75, 3.05) is 13.1 Å². The fourth-order valence-corrected chi connectivity index (χ4v) is 3.23. The first-order chi connectivity index (χ1) is 11.5.